The molecule has 1 unspecified atom stereocenters. The fourth-order valence-electron chi connectivity index (χ4n) is 3.50. The number of hydrogen-bond donors (Lipinski definition) is 1. The first kappa shape index (κ1) is 13.2. The summed E-state index contributed by atoms with van der Waals surface area (Å²) in [5.41, 5.74) is 2.57. The van der Waals surface area contributed by atoms with Crippen molar-refractivity contribution in [2.75, 3.05) is 19.6 Å². The molecule has 0 saturated carbocycles. The predicted octanol–water partition coefficient (Wildman–Crippen LogP) is 2.73. The summed E-state index contributed by atoms with van der Waals surface area (Å²) in [5.74, 6) is 0. The molecule has 0 aromatic carbocycles. The molecule has 3 heteroatoms. The van der Waals surface area contributed by atoms with Crippen LogP contribution in [0.3, 0.4) is 0 Å². The van der Waals surface area contributed by atoms with Crippen LogP contribution in [0.5, 0.6) is 0 Å². The van der Waals surface area contributed by atoms with Crippen molar-refractivity contribution in [3.05, 3.63) is 23.5 Å². The summed E-state index contributed by atoms with van der Waals surface area (Å²) in [6.07, 6.45) is 12.7. The molecule has 2 heterocycles. The fraction of sp³-hybridized carbons (Fsp3) is 0.750. The van der Waals surface area contributed by atoms with Crippen LogP contribution in [0.1, 0.15) is 55.8 Å². The predicted molar refractivity (Wildman–Crippen MR) is 77.2 cm³/mol. The van der Waals surface area contributed by atoms with E-state index in [1.807, 2.05) is 0 Å². The standard InChI is InChI=1S/C16H26N2O/c19-16-7-2-1-6-14-12-18(13-15(14)16)11-5-10-17-8-3-4-9-17/h12-13,16,19H,1-11H2. The van der Waals surface area contributed by atoms with Crippen LogP contribution in [0, 0.1) is 0 Å². The third-order valence-corrected chi connectivity index (χ3v) is 4.62. The highest BCUT2D eigenvalue weighted by atomic mass is 16.3. The molecule has 106 valence electrons. The van der Waals surface area contributed by atoms with Gasteiger partial charge in [-0.3, -0.25) is 0 Å². The van der Waals surface area contributed by atoms with Crippen LogP contribution >= 0.6 is 0 Å². The Kier molecular flexibility index (Phi) is 4.24. The summed E-state index contributed by atoms with van der Waals surface area (Å²) in [6.45, 7) is 4.91. The molecule has 19 heavy (non-hydrogen) atoms. The van der Waals surface area contributed by atoms with Crippen LogP contribution in [0.4, 0.5) is 0 Å². The van der Waals surface area contributed by atoms with Crippen LogP contribution < -0.4 is 0 Å². The molecule has 1 aliphatic carbocycles. The molecule has 1 atom stereocenters. The second-order valence-corrected chi connectivity index (χ2v) is 6.14. The highest BCUT2D eigenvalue weighted by Crippen LogP contribution is 2.29. The number of aryl methyl sites for hydroxylation is 2. The van der Waals surface area contributed by atoms with Crippen molar-refractivity contribution in [1.82, 2.24) is 9.47 Å². The van der Waals surface area contributed by atoms with Crippen LogP contribution in [-0.2, 0) is 13.0 Å². The van der Waals surface area contributed by atoms with E-state index in [4.69, 9.17) is 0 Å². The lowest BCUT2D eigenvalue weighted by Gasteiger charge is -2.14. The Balaban J connectivity index is 1.55. The van der Waals surface area contributed by atoms with E-state index < -0.39 is 0 Å². The molecule has 3 rings (SSSR count). The molecule has 1 aromatic rings. The Morgan fingerprint density at radius 1 is 1.05 bits per heavy atom. The summed E-state index contributed by atoms with van der Waals surface area (Å²) in [4.78, 5) is 2.57. The number of likely N-dealkylation sites (tertiary alicyclic amines) is 1. The van der Waals surface area contributed by atoms with E-state index in [0.29, 0.717) is 0 Å². The van der Waals surface area contributed by atoms with Crippen molar-refractivity contribution in [2.45, 2.75) is 57.6 Å². The zero-order valence-electron chi connectivity index (χ0n) is 11.9. The van der Waals surface area contributed by atoms with Gasteiger partial charge in [-0.05, 0) is 63.7 Å². The van der Waals surface area contributed by atoms with Gasteiger partial charge in [-0.15, -0.1) is 0 Å². The highest BCUT2D eigenvalue weighted by Gasteiger charge is 2.18. The fourth-order valence-corrected chi connectivity index (χ4v) is 3.50. The molecule has 1 saturated heterocycles. The van der Waals surface area contributed by atoms with Crippen molar-refractivity contribution < 1.29 is 5.11 Å². The molecule has 2 aliphatic rings. The molecule has 3 nitrogen and oxygen atoms in total. The minimum Gasteiger partial charge on any atom is -0.388 e. The van der Waals surface area contributed by atoms with E-state index in [1.54, 1.807) is 0 Å². The molecular formula is C16H26N2O. The van der Waals surface area contributed by atoms with Crippen LogP contribution in [0.25, 0.3) is 0 Å². The number of aliphatic hydroxyl groups is 1. The van der Waals surface area contributed by atoms with Gasteiger partial charge in [-0.1, -0.05) is 6.42 Å². The van der Waals surface area contributed by atoms with E-state index >= 15 is 0 Å². The van der Waals surface area contributed by atoms with Crippen molar-refractivity contribution in [3.63, 3.8) is 0 Å². The first-order chi connectivity index (χ1) is 9.33. The van der Waals surface area contributed by atoms with Gasteiger partial charge in [-0.25, -0.2) is 0 Å². The largest absolute Gasteiger partial charge is 0.388 e. The first-order valence-electron chi connectivity index (χ1n) is 7.92. The van der Waals surface area contributed by atoms with Crippen LogP contribution in [-0.4, -0.2) is 34.2 Å². The van der Waals surface area contributed by atoms with Gasteiger partial charge in [0, 0.05) is 24.5 Å². The first-order valence-corrected chi connectivity index (χ1v) is 7.92. The minimum atomic E-state index is -0.225. The van der Waals surface area contributed by atoms with Gasteiger partial charge in [0.15, 0.2) is 0 Å². The lowest BCUT2D eigenvalue weighted by molar-refractivity contribution is 0.166. The van der Waals surface area contributed by atoms with E-state index in [9.17, 15) is 5.11 Å². The van der Waals surface area contributed by atoms with Gasteiger partial charge in [-0.2, -0.15) is 0 Å². The zero-order valence-corrected chi connectivity index (χ0v) is 11.9. The summed E-state index contributed by atoms with van der Waals surface area (Å²) in [6, 6.07) is 0. The lowest BCUT2D eigenvalue weighted by Crippen LogP contribution is -2.21. The van der Waals surface area contributed by atoms with Crippen LogP contribution in [0.15, 0.2) is 12.4 Å². The summed E-state index contributed by atoms with van der Waals surface area (Å²) in [7, 11) is 0. The molecule has 1 fully saturated rings. The number of hydrogen-bond acceptors (Lipinski definition) is 2. The number of fused-ring (bicyclic) bond motifs is 1. The van der Waals surface area contributed by atoms with E-state index in [0.717, 1.165) is 25.8 Å². The summed E-state index contributed by atoms with van der Waals surface area (Å²) >= 11 is 0. The average Bonchev–Trinajstić information content (AvgIpc) is 3.01. The highest BCUT2D eigenvalue weighted by molar-refractivity contribution is 5.27. The molecule has 0 bridgehead atoms. The van der Waals surface area contributed by atoms with Crippen molar-refractivity contribution in [3.8, 4) is 0 Å². The normalized spacial score (nSPS) is 24.4. The molecule has 0 spiro atoms. The summed E-state index contributed by atoms with van der Waals surface area (Å²) < 4.78 is 2.30. The summed E-state index contributed by atoms with van der Waals surface area (Å²) in [5, 5.41) is 10.1. The lowest BCUT2D eigenvalue weighted by atomic mass is 10.1. The second-order valence-electron chi connectivity index (χ2n) is 6.14. The SMILES string of the molecule is OC1CCCCc2cn(CCCN3CCCC3)cc21. The van der Waals surface area contributed by atoms with Gasteiger partial charge >= 0.3 is 0 Å². The Labute approximate surface area is 116 Å². The third kappa shape index (κ3) is 3.21. The molecular weight excluding hydrogens is 236 g/mol. The van der Waals surface area contributed by atoms with E-state index in [2.05, 4.69) is 21.9 Å². The molecule has 1 N–H and O–H groups in total. The van der Waals surface area contributed by atoms with Gasteiger partial charge in [0.25, 0.3) is 0 Å². The Morgan fingerprint density at radius 2 is 1.89 bits per heavy atom. The maximum atomic E-state index is 10.1. The molecule has 1 aliphatic heterocycles. The smallest absolute Gasteiger partial charge is 0.0807 e. The van der Waals surface area contributed by atoms with Crippen molar-refractivity contribution in [2.24, 2.45) is 0 Å². The number of aromatic nitrogens is 1. The molecule has 0 amide bonds. The number of aliphatic hydroxyl groups excluding tert-OH is 1. The van der Waals surface area contributed by atoms with Crippen LogP contribution in [0.2, 0.25) is 0 Å². The number of nitrogens with zero attached hydrogens (tertiary/aromatic N) is 2. The topological polar surface area (TPSA) is 28.4 Å². The van der Waals surface area contributed by atoms with Gasteiger partial charge in [0.2, 0.25) is 0 Å². The van der Waals surface area contributed by atoms with Crippen molar-refractivity contribution in [1.29, 1.82) is 0 Å². The van der Waals surface area contributed by atoms with Gasteiger partial charge < -0.3 is 14.6 Å². The monoisotopic (exact) mass is 262 g/mol. The third-order valence-electron chi connectivity index (χ3n) is 4.62. The Hall–Kier alpha value is -0.800. The Morgan fingerprint density at radius 3 is 2.74 bits per heavy atom. The minimum absolute atomic E-state index is 0.225. The van der Waals surface area contributed by atoms with E-state index in [1.165, 1.54) is 56.4 Å². The second kappa shape index (κ2) is 6.10. The number of rotatable bonds is 4. The molecule has 0 radical (unpaired) electrons. The molecule has 1 aromatic heterocycles. The average molecular weight is 262 g/mol. The maximum absolute atomic E-state index is 10.1. The zero-order chi connectivity index (χ0) is 13.1. The quantitative estimate of drug-likeness (QED) is 0.845. The van der Waals surface area contributed by atoms with Gasteiger partial charge in [0.1, 0.15) is 0 Å². The maximum Gasteiger partial charge on any atom is 0.0807 e. The van der Waals surface area contributed by atoms with E-state index in [-0.39, 0.29) is 6.10 Å². The van der Waals surface area contributed by atoms with Gasteiger partial charge in [0.05, 0.1) is 6.10 Å². The Bertz CT molecular complexity index is 407. The van der Waals surface area contributed by atoms with Crippen molar-refractivity contribution >= 4 is 0 Å².